The average molecular weight is 307 g/mol. The normalized spacial score (nSPS) is 10.1. The van der Waals surface area contributed by atoms with Crippen LogP contribution in [-0.2, 0) is 4.74 Å². The maximum absolute atomic E-state index is 11.8. The van der Waals surface area contributed by atoms with Gasteiger partial charge in [0.05, 0.1) is 17.1 Å². The number of phenolic OH excluding ortho intramolecular Hbond substituents is 1. The molecule has 2 rings (SSSR count). The summed E-state index contributed by atoms with van der Waals surface area (Å²) in [6.07, 6.45) is 0. The number of phenols is 1. The maximum Gasteiger partial charge on any atom is 0.339 e. The lowest BCUT2D eigenvalue weighted by molar-refractivity contribution is 0.0600. The van der Waals surface area contributed by atoms with Gasteiger partial charge in [-0.05, 0) is 39.2 Å². The van der Waals surface area contributed by atoms with E-state index in [2.05, 4.69) is 15.9 Å². The van der Waals surface area contributed by atoms with E-state index < -0.39 is 5.97 Å². The van der Waals surface area contributed by atoms with Crippen molar-refractivity contribution in [1.29, 1.82) is 0 Å². The number of halogens is 1. The standard InChI is InChI=1S/C14H11BrO3/c1-18-14(17)12-10(7-8-11(16)13(12)15)9-5-3-2-4-6-9/h2-8,16H,1H3. The third-order valence-corrected chi connectivity index (χ3v) is 3.40. The number of aromatic hydroxyl groups is 1. The molecule has 0 aliphatic heterocycles. The molecule has 0 saturated carbocycles. The molecule has 0 fully saturated rings. The van der Waals surface area contributed by atoms with Crippen LogP contribution < -0.4 is 0 Å². The summed E-state index contributed by atoms with van der Waals surface area (Å²) in [7, 11) is 1.31. The fourth-order valence-corrected chi connectivity index (χ4v) is 2.23. The van der Waals surface area contributed by atoms with E-state index in [1.165, 1.54) is 7.11 Å². The van der Waals surface area contributed by atoms with E-state index in [9.17, 15) is 9.90 Å². The zero-order chi connectivity index (χ0) is 13.1. The first kappa shape index (κ1) is 12.6. The van der Waals surface area contributed by atoms with Gasteiger partial charge in [-0.15, -0.1) is 0 Å². The number of benzene rings is 2. The van der Waals surface area contributed by atoms with Gasteiger partial charge in [0.15, 0.2) is 0 Å². The molecule has 0 aliphatic carbocycles. The Morgan fingerprint density at radius 1 is 1.17 bits per heavy atom. The molecule has 92 valence electrons. The fraction of sp³-hybridized carbons (Fsp3) is 0.0714. The molecule has 0 aliphatic rings. The molecule has 0 bridgehead atoms. The van der Waals surface area contributed by atoms with Gasteiger partial charge in [0.1, 0.15) is 5.75 Å². The number of hydrogen-bond donors (Lipinski definition) is 1. The highest BCUT2D eigenvalue weighted by molar-refractivity contribution is 9.10. The van der Waals surface area contributed by atoms with Gasteiger partial charge in [-0.2, -0.15) is 0 Å². The number of methoxy groups -OCH3 is 1. The second kappa shape index (κ2) is 5.23. The summed E-state index contributed by atoms with van der Waals surface area (Å²) in [6.45, 7) is 0. The van der Waals surface area contributed by atoms with Crippen LogP contribution in [0.4, 0.5) is 0 Å². The Morgan fingerprint density at radius 2 is 1.83 bits per heavy atom. The summed E-state index contributed by atoms with van der Waals surface area (Å²) in [5, 5.41) is 9.66. The maximum atomic E-state index is 11.8. The van der Waals surface area contributed by atoms with E-state index in [1.807, 2.05) is 30.3 Å². The third-order valence-electron chi connectivity index (χ3n) is 2.60. The van der Waals surface area contributed by atoms with Crippen LogP contribution in [0.15, 0.2) is 46.9 Å². The molecule has 2 aromatic rings. The van der Waals surface area contributed by atoms with E-state index >= 15 is 0 Å². The lowest BCUT2D eigenvalue weighted by Crippen LogP contribution is -2.05. The number of rotatable bonds is 2. The summed E-state index contributed by atoms with van der Waals surface area (Å²) in [6, 6.07) is 12.7. The van der Waals surface area contributed by atoms with Crippen molar-refractivity contribution < 1.29 is 14.6 Å². The minimum Gasteiger partial charge on any atom is -0.507 e. The Morgan fingerprint density at radius 3 is 2.44 bits per heavy atom. The summed E-state index contributed by atoms with van der Waals surface area (Å²) in [5.74, 6) is -0.480. The molecule has 18 heavy (non-hydrogen) atoms. The average Bonchev–Trinajstić information content (AvgIpc) is 2.42. The highest BCUT2D eigenvalue weighted by atomic mass is 79.9. The smallest absolute Gasteiger partial charge is 0.339 e. The van der Waals surface area contributed by atoms with Crippen molar-refractivity contribution in [3.05, 3.63) is 52.5 Å². The van der Waals surface area contributed by atoms with Crippen molar-refractivity contribution in [2.45, 2.75) is 0 Å². The summed E-state index contributed by atoms with van der Waals surface area (Å²) < 4.78 is 5.10. The zero-order valence-corrected chi connectivity index (χ0v) is 11.3. The van der Waals surface area contributed by atoms with Gasteiger partial charge < -0.3 is 9.84 Å². The predicted molar refractivity (Wildman–Crippen MR) is 72.6 cm³/mol. The summed E-state index contributed by atoms with van der Waals surface area (Å²) in [5.41, 5.74) is 1.93. The van der Waals surface area contributed by atoms with Crippen molar-refractivity contribution in [2.75, 3.05) is 7.11 Å². The molecule has 3 nitrogen and oxygen atoms in total. The van der Waals surface area contributed by atoms with Crippen LogP contribution in [0, 0.1) is 0 Å². The van der Waals surface area contributed by atoms with Gasteiger partial charge >= 0.3 is 5.97 Å². The fourth-order valence-electron chi connectivity index (χ4n) is 1.72. The lowest BCUT2D eigenvalue weighted by Gasteiger charge is -2.11. The van der Waals surface area contributed by atoms with Crippen molar-refractivity contribution in [1.82, 2.24) is 0 Å². The SMILES string of the molecule is COC(=O)c1c(-c2ccccc2)ccc(O)c1Br. The van der Waals surface area contributed by atoms with E-state index in [0.717, 1.165) is 5.56 Å². The molecule has 1 N–H and O–H groups in total. The van der Waals surface area contributed by atoms with E-state index in [-0.39, 0.29) is 5.75 Å². The molecular weight excluding hydrogens is 296 g/mol. The molecule has 0 spiro atoms. The summed E-state index contributed by atoms with van der Waals surface area (Å²) in [4.78, 5) is 11.8. The van der Waals surface area contributed by atoms with Crippen LogP contribution in [0.25, 0.3) is 11.1 Å². The molecule has 0 radical (unpaired) electrons. The Labute approximate surface area is 113 Å². The quantitative estimate of drug-likeness (QED) is 0.862. The Hall–Kier alpha value is -1.81. The van der Waals surface area contributed by atoms with Gasteiger partial charge in [-0.3, -0.25) is 0 Å². The van der Waals surface area contributed by atoms with Crippen LogP contribution in [0.1, 0.15) is 10.4 Å². The monoisotopic (exact) mass is 306 g/mol. The largest absolute Gasteiger partial charge is 0.507 e. The van der Waals surface area contributed by atoms with Crippen LogP contribution in [-0.4, -0.2) is 18.2 Å². The van der Waals surface area contributed by atoms with E-state index in [1.54, 1.807) is 12.1 Å². The number of carbonyl (C=O) groups is 1. The van der Waals surface area contributed by atoms with Crippen molar-refractivity contribution >= 4 is 21.9 Å². The number of hydrogen-bond acceptors (Lipinski definition) is 3. The number of esters is 1. The van der Waals surface area contributed by atoms with Gasteiger partial charge in [0.2, 0.25) is 0 Å². The number of ether oxygens (including phenoxy) is 1. The summed E-state index contributed by atoms with van der Waals surface area (Å²) >= 11 is 3.22. The Balaban J connectivity index is 2.68. The molecule has 0 aromatic heterocycles. The molecule has 0 saturated heterocycles. The van der Waals surface area contributed by atoms with Crippen LogP contribution in [0.2, 0.25) is 0 Å². The number of carbonyl (C=O) groups excluding carboxylic acids is 1. The molecule has 0 atom stereocenters. The van der Waals surface area contributed by atoms with Gasteiger partial charge in [-0.25, -0.2) is 4.79 Å². The van der Waals surface area contributed by atoms with E-state index in [0.29, 0.717) is 15.6 Å². The first-order valence-corrected chi connectivity index (χ1v) is 6.09. The second-order valence-electron chi connectivity index (χ2n) is 3.68. The Bertz CT molecular complexity index is 579. The molecule has 0 heterocycles. The van der Waals surface area contributed by atoms with Gasteiger partial charge in [-0.1, -0.05) is 30.3 Å². The lowest BCUT2D eigenvalue weighted by atomic mass is 9.99. The molecule has 2 aromatic carbocycles. The van der Waals surface area contributed by atoms with Crippen LogP contribution >= 0.6 is 15.9 Å². The highest BCUT2D eigenvalue weighted by Crippen LogP contribution is 2.35. The van der Waals surface area contributed by atoms with Gasteiger partial charge in [0.25, 0.3) is 0 Å². The molecular formula is C14H11BrO3. The molecule has 4 heteroatoms. The highest BCUT2D eigenvalue weighted by Gasteiger charge is 2.19. The molecule has 0 amide bonds. The second-order valence-corrected chi connectivity index (χ2v) is 4.47. The van der Waals surface area contributed by atoms with Gasteiger partial charge in [0, 0.05) is 0 Å². The zero-order valence-electron chi connectivity index (χ0n) is 9.68. The minimum atomic E-state index is -0.489. The Kier molecular flexibility index (Phi) is 3.67. The minimum absolute atomic E-state index is 0.00933. The topological polar surface area (TPSA) is 46.5 Å². The van der Waals surface area contributed by atoms with Crippen molar-refractivity contribution in [3.63, 3.8) is 0 Å². The van der Waals surface area contributed by atoms with E-state index in [4.69, 9.17) is 4.74 Å². The third kappa shape index (κ3) is 2.24. The predicted octanol–water partition coefficient (Wildman–Crippen LogP) is 3.61. The van der Waals surface area contributed by atoms with Crippen molar-refractivity contribution in [3.8, 4) is 16.9 Å². The molecule has 0 unspecified atom stereocenters. The first-order valence-electron chi connectivity index (χ1n) is 5.30. The van der Waals surface area contributed by atoms with Crippen LogP contribution in [0.3, 0.4) is 0 Å². The first-order chi connectivity index (χ1) is 8.65. The van der Waals surface area contributed by atoms with Crippen LogP contribution in [0.5, 0.6) is 5.75 Å². The van der Waals surface area contributed by atoms with Crippen molar-refractivity contribution in [2.24, 2.45) is 0 Å².